The fourth-order valence-electron chi connectivity index (χ4n) is 28.7. The number of hydrogen-bond acceptors (Lipinski definition) is 6. The predicted molar refractivity (Wildman–Crippen MR) is 602 cm³/mol. The van der Waals surface area contributed by atoms with Crippen LogP contribution < -0.4 is 14.7 Å². The van der Waals surface area contributed by atoms with Crippen LogP contribution in [-0.4, -0.2) is 20.7 Å². The molecule has 22 aliphatic rings. The number of fused-ring (bicyclic) bond motifs is 59. The second-order valence-electron chi connectivity index (χ2n) is 41.3. The number of nitrogens with zero attached hydrogens (tertiary/aromatic N) is 6. The van der Waals surface area contributed by atoms with Gasteiger partial charge in [-0.3, -0.25) is 0 Å². The van der Waals surface area contributed by atoms with E-state index >= 15 is 0 Å². The number of allylic oxidation sites excluding steroid dienone is 28. The molecule has 692 valence electrons. The largest absolute Gasteiger partial charge is 0.335 e. The fourth-order valence-corrected chi connectivity index (χ4v) is 28.7. The maximum absolute atomic E-state index is 2.63. The van der Waals surface area contributed by atoms with Gasteiger partial charge in [-0.05, 0) is 245 Å². The summed E-state index contributed by atoms with van der Waals surface area (Å²) in [5.41, 5.74) is 67.8. The average Bonchev–Trinajstić information content (AvgIpc) is 1.58. The zero-order chi connectivity index (χ0) is 95.5. The third-order valence-electron chi connectivity index (χ3n) is 34.4. The van der Waals surface area contributed by atoms with E-state index in [1.807, 2.05) is 0 Å². The van der Waals surface area contributed by atoms with Crippen LogP contribution >= 0.6 is 0 Å². The van der Waals surface area contributed by atoms with E-state index in [9.17, 15) is 0 Å². The highest BCUT2D eigenvalue weighted by Crippen LogP contribution is 2.65. The SMILES string of the molecule is C1=C2C(=CC1)C1c3ccccc3-c3ccccc3N1c1ccccc12.C1=C2C(=CC1)N1C3=CCC=C3c3ccccc3C1c1ccccc12.C1=CC2=C(C1)C1C3=C(C=CC3)c3ccccc3N1c1ccccc12.C1=CC2=C(C1)N1C3=C(C=CC3)c3ccccc3C1c1ccccc12.C1=CC2=C(C1)c1ccccc1C1c3ccccc3C3=C(C=CC3)N21.C1=CC2=C(C1)c1ccccc1N1c3ccccc3-c3ccccc3C21. The zero-order valence-corrected chi connectivity index (χ0v) is 81.1. The summed E-state index contributed by atoms with van der Waals surface area (Å²) in [7, 11) is 0. The summed E-state index contributed by atoms with van der Waals surface area (Å²) in [6, 6.07) is 126. The molecule has 36 rings (SSSR count). The molecule has 0 amide bonds. The molecule has 10 aliphatic carbocycles. The van der Waals surface area contributed by atoms with E-state index in [0.29, 0.717) is 24.2 Å². The van der Waals surface area contributed by atoms with Crippen molar-refractivity contribution in [1.82, 2.24) is 14.7 Å². The normalized spacial score (nSPS) is 19.7. The molecule has 12 heterocycles. The standard InChI is InChI=1S/2C24H17N.4C23H17N/c2*1-2-11-20-16(8-1)18-9-3-5-14-22(18)25-23-15-6-4-10-19(23)17-12-7-13-21(17)24(20)25;1-3-13-21-17(7-1)15-9-5-11-19(15)23-20-12-6-10-16(20)18-8-2-4-14-22(18)24(21)23;3*1-3-9-19-15(7-1)17-11-5-13-21(17)24-22-14-6-12-18(22)16-8-2-4-10-20(16)23(19)24/h1-6,8-15,24H,7H2;1-11,13-15,24H,12H2;1-10,13-14,23H,11-12H2;1-4,7-14,23H,5-6H2;1-10,13-14,23H,11-12H2;1-12,23H,13-14H2. The lowest BCUT2D eigenvalue weighted by Gasteiger charge is -2.46. The Morgan fingerprint density at radius 1 is 0.178 bits per heavy atom. The maximum atomic E-state index is 2.63. The van der Waals surface area contributed by atoms with Gasteiger partial charge < -0.3 is 29.4 Å². The molecule has 0 saturated carbocycles. The smallest absolute Gasteiger partial charge is 0.0857 e. The van der Waals surface area contributed by atoms with Crippen LogP contribution in [0.4, 0.5) is 34.1 Å². The molecule has 0 saturated heterocycles. The number of benzene rings is 14. The van der Waals surface area contributed by atoms with Crippen LogP contribution in [0.15, 0.2) is 518 Å². The van der Waals surface area contributed by atoms with Gasteiger partial charge in [-0.1, -0.05) is 413 Å². The van der Waals surface area contributed by atoms with Crippen LogP contribution in [0.2, 0.25) is 0 Å². The molecule has 6 heteroatoms. The van der Waals surface area contributed by atoms with Gasteiger partial charge in [-0.15, -0.1) is 0 Å². The summed E-state index contributed by atoms with van der Waals surface area (Å²) in [6.45, 7) is 0. The van der Waals surface area contributed by atoms with E-state index in [-0.39, 0.29) is 12.1 Å². The zero-order valence-electron chi connectivity index (χ0n) is 81.1. The minimum atomic E-state index is 0.273. The Kier molecular flexibility index (Phi) is 18.9. The van der Waals surface area contributed by atoms with Crippen LogP contribution in [0, 0.1) is 0 Å². The summed E-state index contributed by atoms with van der Waals surface area (Å²) in [5.74, 6) is 0. The second-order valence-corrected chi connectivity index (χ2v) is 41.3. The molecule has 2 atom stereocenters. The lowest BCUT2D eigenvalue weighted by Crippen LogP contribution is -2.40. The summed E-state index contributed by atoms with van der Waals surface area (Å²) in [5, 5.41) is 0. The molecular weight excluding hydrogens is 1770 g/mol. The Bertz CT molecular complexity index is 8380. The van der Waals surface area contributed by atoms with Crippen LogP contribution in [0.25, 0.3) is 78.0 Å². The Morgan fingerprint density at radius 3 is 0.979 bits per heavy atom. The van der Waals surface area contributed by atoms with E-state index in [1.54, 1.807) is 11.1 Å². The van der Waals surface area contributed by atoms with Crippen LogP contribution in [-0.2, 0) is 0 Å². The highest BCUT2D eigenvalue weighted by Gasteiger charge is 2.50. The predicted octanol–water partition coefficient (Wildman–Crippen LogP) is 34.5. The average molecular weight is 1870 g/mol. The molecule has 14 aromatic carbocycles. The molecule has 14 aromatic rings. The number of anilines is 6. The highest BCUT2D eigenvalue weighted by molar-refractivity contribution is 6.05. The van der Waals surface area contributed by atoms with Crippen molar-refractivity contribution in [2.24, 2.45) is 0 Å². The first-order chi connectivity index (χ1) is 72.6. The van der Waals surface area contributed by atoms with E-state index in [4.69, 9.17) is 0 Å². The van der Waals surface area contributed by atoms with Gasteiger partial charge in [0.05, 0.1) is 36.3 Å². The first kappa shape index (κ1) is 83.3. The quantitative estimate of drug-likeness (QED) is 0.150. The molecule has 0 aromatic heterocycles. The van der Waals surface area contributed by atoms with Crippen LogP contribution in [0.5, 0.6) is 0 Å². The molecule has 0 fully saturated rings. The minimum Gasteiger partial charge on any atom is -0.335 e. The van der Waals surface area contributed by atoms with E-state index in [1.165, 1.54) is 258 Å². The molecule has 0 radical (unpaired) electrons. The monoisotopic (exact) mass is 1870 g/mol. The number of hydrogen-bond donors (Lipinski definition) is 0. The van der Waals surface area contributed by atoms with Crippen LogP contribution in [0.3, 0.4) is 0 Å². The highest BCUT2D eigenvalue weighted by atomic mass is 15.2. The first-order valence-electron chi connectivity index (χ1n) is 52.6. The van der Waals surface area contributed by atoms with Gasteiger partial charge in [0.15, 0.2) is 0 Å². The Balaban J connectivity index is 0.0000000796. The van der Waals surface area contributed by atoms with Crippen molar-refractivity contribution in [2.45, 2.75) is 100 Å². The van der Waals surface area contributed by atoms with Crippen molar-refractivity contribution in [3.05, 3.63) is 618 Å². The summed E-state index contributed by atoms with van der Waals surface area (Å²) >= 11 is 0. The van der Waals surface area contributed by atoms with Crippen molar-refractivity contribution < 1.29 is 0 Å². The summed E-state index contributed by atoms with van der Waals surface area (Å²) < 4.78 is 0. The molecule has 0 spiro atoms. The lowest BCUT2D eigenvalue weighted by molar-refractivity contribution is 0.343. The third kappa shape index (κ3) is 12.2. The topological polar surface area (TPSA) is 19.4 Å². The van der Waals surface area contributed by atoms with Crippen molar-refractivity contribution in [1.29, 1.82) is 0 Å². The van der Waals surface area contributed by atoms with E-state index in [0.717, 1.165) is 64.2 Å². The molecular formula is C140H102N6. The fraction of sp³-hybridized carbons (Fsp3) is 0.114. The van der Waals surface area contributed by atoms with Crippen molar-refractivity contribution in [2.75, 3.05) is 14.7 Å². The maximum Gasteiger partial charge on any atom is 0.0857 e. The van der Waals surface area contributed by atoms with E-state index in [2.05, 4.69) is 491 Å². The second kappa shape index (κ2) is 33.1. The third-order valence-corrected chi connectivity index (χ3v) is 34.4. The van der Waals surface area contributed by atoms with Crippen LogP contribution in [0.1, 0.15) is 195 Å². The van der Waals surface area contributed by atoms with E-state index < -0.39 is 0 Å². The Morgan fingerprint density at radius 2 is 0.486 bits per heavy atom. The lowest BCUT2D eigenvalue weighted by atomic mass is 9.78. The van der Waals surface area contributed by atoms with Gasteiger partial charge in [-0.2, -0.15) is 0 Å². The molecule has 6 nitrogen and oxygen atoms in total. The van der Waals surface area contributed by atoms with Gasteiger partial charge in [0, 0.05) is 137 Å². The van der Waals surface area contributed by atoms with Gasteiger partial charge in [0.25, 0.3) is 0 Å². The summed E-state index contributed by atoms with van der Waals surface area (Å²) in [4.78, 5) is 15.5. The van der Waals surface area contributed by atoms with Gasteiger partial charge in [0.1, 0.15) is 0 Å². The minimum absolute atomic E-state index is 0.273. The van der Waals surface area contributed by atoms with Gasteiger partial charge in [0.2, 0.25) is 0 Å². The molecule has 146 heavy (non-hydrogen) atoms. The van der Waals surface area contributed by atoms with Gasteiger partial charge in [-0.25, -0.2) is 0 Å². The van der Waals surface area contributed by atoms with Crippen molar-refractivity contribution in [3.63, 3.8) is 0 Å². The summed E-state index contributed by atoms with van der Waals surface area (Å²) in [6.07, 6.45) is 57.3. The molecule has 2 unspecified atom stereocenters. The molecule has 12 aliphatic heterocycles. The van der Waals surface area contributed by atoms with Crippen molar-refractivity contribution >= 4 is 89.9 Å². The first-order valence-corrected chi connectivity index (χ1v) is 52.6. The number of para-hydroxylation sites is 6. The molecule has 0 N–H and O–H groups in total. The number of rotatable bonds is 0. The van der Waals surface area contributed by atoms with Gasteiger partial charge >= 0.3 is 0 Å². The Hall–Kier alpha value is -17.3. The molecule has 0 bridgehead atoms. The Labute approximate surface area is 853 Å². The van der Waals surface area contributed by atoms with Crippen molar-refractivity contribution in [3.8, 4) is 22.3 Å².